The van der Waals surface area contributed by atoms with Crippen LogP contribution in [-0.4, -0.2) is 12.3 Å². The van der Waals surface area contributed by atoms with Gasteiger partial charge in [-0.2, -0.15) is 5.26 Å². The number of nitrogens with zero attached hydrogens (tertiary/aromatic N) is 1. The lowest BCUT2D eigenvalue weighted by molar-refractivity contribution is 0.155. The standard InChI is InChI=1S/C16H14N2O2S/c1-21-15-8-7-14(9-13(15)10-17)18-16(19)20-11-12-5-3-2-4-6-12/h2-9H,11H2,1H3,(H,18,19). The highest BCUT2D eigenvalue weighted by atomic mass is 32.2. The molecule has 4 nitrogen and oxygen atoms in total. The number of ether oxygens (including phenoxy) is 1. The molecule has 0 aliphatic rings. The number of carbonyl (C=O) groups is 1. The molecular formula is C16H14N2O2S. The van der Waals surface area contributed by atoms with Crippen LogP contribution in [0.5, 0.6) is 0 Å². The highest BCUT2D eigenvalue weighted by molar-refractivity contribution is 7.98. The number of benzene rings is 2. The van der Waals surface area contributed by atoms with Gasteiger partial charge in [0.15, 0.2) is 0 Å². The van der Waals surface area contributed by atoms with Gasteiger partial charge in [-0.25, -0.2) is 4.79 Å². The van der Waals surface area contributed by atoms with Crippen LogP contribution < -0.4 is 5.32 Å². The number of amides is 1. The monoisotopic (exact) mass is 298 g/mol. The minimum Gasteiger partial charge on any atom is -0.444 e. The topological polar surface area (TPSA) is 62.1 Å². The van der Waals surface area contributed by atoms with E-state index in [1.54, 1.807) is 18.2 Å². The van der Waals surface area contributed by atoms with Crippen molar-refractivity contribution < 1.29 is 9.53 Å². The van der Waals surface area contributed by atoms with Crippen molar-refractivity contribution in [2.45, 2.75) is 11.5 Å². The lowest BCUT2D eigenvalue weighted by Gasteiger charge is -2.08. The molecule has 2 rings (SSSR count). The second kappa shape index (κ2) is 7.36. The number of thioether (sulfide) groups is 1. The Hall–Kier alpha value is -2.45. The Morgan fingerprint density at radius 2 is 2.05 bits per heavy atom. The third-order valence-electron chi connectivity index (χ3n) is 2.78. The number of nitriles is 1. The molecule has 0 aromatic heterocycles. The first-order chi connectivity index (χ1) is 10.2. The van der Waals surface area contributed by atoms with Crippen LogP contribution in [0.4, 0.5) is 10.5 Å². The van der Waals surface area contributed by atoms with Gasteiger partial charge >= 0.3 is 6.09 Å². The van der Waals surface area contributed by atoms with E-state index in [-0.39, 0.29) is 6.61 Å². The summed E-state index contributed by atoms with van der Waals surface area (Å²) in [6.45, 7) is 0.209. The van der Waals surface area contributed by atoms with Gasteiger partial charge in [0.2, 0.25) is 0 Å². The van der Waals surface area contributed by atoms with Gasteiger partial charge in [0.05, 0.1) is 5.56 Å². The van der Waals surface area contributed by atoms with Gasteiger partial charge < -0.3 is 4.74 Å². The summed E-state index contributed by atoms with van der Waals surface area (Å²) in [5, 5.41) is 11.7. The smallest absolute Gasteiger partial charge is 0.411 e. The molecule has 1 N–H and O–H groups in total. The van der Waals surface area contributed by atoms with Crippen molar-refractivity contribution in [1.29, 1.82) is 5.26 Å². The molecule has 0 bridgehead atoms. The molecule has 0 aliphatic heterocycles. The maximum Gasteiger partial charge on any atom is 0.411 e. The van der Waals surface area contributed by atoms with E-state index in [1.165, 1.54) is 11.8 Å². The number of hydrogen-bond acceptors (Lipinski definition) is 4. The molecule has 106 valence electrons. The third kappa shape index (κ3) is 4.26. The Morgan fingerprint density at radius 3 is 2.71 bits per heavy atom. The van der Waals surface area contributed by atoms with Crippen LogP contribution in [0.25, 0.3) is 0 Å². The van der Waals surface area contributed by atoms with Crippen LogP contribution in [0.15, 0.2) is 53.4 Å². The zero-order chi connectivity index (χ0) is 15.1. The lowest BCUT2D eigenvalue weighted by Crippen LogP contribution is -2.13. The second-order valence-corrected chi connectivity index (χ2v) is 5.06. The summed E-state index contributed by atoms with van der Waals surface area (Å²) in [6.07, 6.45) is 1.36. The molecule has 0 heterocycles. The predicted octanol–water partition coefficient (Wildman–Crippen LogP) is 4.03. The normalized spacial score (nSPS) is 9.71. The molecule has 0 saturated carbocycles. The highest BCUT2D eigenvalue weighted by Crippen LogP contribution is 2.23. The van der Waals surface area contributed by atoms with Gasteiger partial charge in [-0.15, -0.1) is 11.8 Å². The maximum atomic E-state index is 11.7. The zero-order valence-electron chi connectivity index (χ0n) is 11.5. The van der Waals surface area contributed by atoms with Gasteiger partial charge in [0, 0.05) is 10.6 Å². The van der Waals surface area contributed by atoms with E-state index in [4.69, 9.17) is 10.00 Å². The van der Waals surface area contributed by atoms with E-state index in [2.05, 4.69) is 11.4 Å². The second-order valence-electron chi connectivity index (χ2n) is 4.21. The average Bonchev–Trinajstić information content (AvgIpc) is 2.53. The largest absolute Gasteiger partial charge is 0.444 e. The molecule has 0 spiro atoms. The molecule has 21 heavy (non-hydrogen) atoms. The minimum atomic E-state index is -0.542. The molecule has 0 unspecified atom stereocenters. The summed E-state index contributed by atoms with van der Waals surface area (Å²) in [4.78, 5) is 12.6. The van der Waals surface area contributed by atoms with Crippen LogP contribution in [0.3, 0.4) is 0 Å². The Kier molecular flexibility index (Phi) is 5.24. The van der Waals surface area contributed by atoms with Gasteiger partial charge in [0.25, 0.3) is 0 Å². The lowest BCUT2D eigenvalue weighted by atomic mass is 10.2. The van der Waals surface area contributed by atoms with E-state index in [0.717, 1.165) is 10.5 Å². The van der Waals surface area contributed by atoms with Gasteiger partial charge in [-0.1, -0.05) is 30.3 Å². The van der Waals surface area contributed by atoms with E-state index in [9.17, 15) is 4.79 Å². The van der Waals surface area contributed by atoms with Gasteiger partial charge in [-0.3, -0.25) is 5.32 Å². The quantitative estimate of drug-likeness (QED) is 0.866. The third-order valence-corrected chi connectivity index (χ3v) is 3.57. The van der Waals surface area contributed by atoms with Crippen molar-refractivity contribution in [3.8, 4) is 6.07 Å². The first kappa shape index (κ1) is 14.9. The fraction of sp³-hybridized carbons (Fsp3) is 0.125. The van der Waals surface area contributed by atoms with Crippen molar-refractivity contribution in [2.24, 2.45) is 0 Å². The Labute approximate surface area is 127 Å². The molecule has 2 aromatic rings. The first-order valence-electron chi connectivity index (χ1n) is 6.29. The summed E-state index contributed by atoms with van der Waals surface area (Å²) in [6, 6.07) is 16.7. The first-order valence-corrected chi connectivity index (χ1v) is 7.51. The summed E-state index contributed by atoms with van der Waals surface area (Å²) < 4.78 is 5.12. The SMILES string of the molecule is CSc1ccc(NC(=O)OCc2ccccc2)cc1C#N. The van der Waals surface area contributed by atoms with Crippen LogP contribution in [0, 0.1) is 11.3 Å². The number of hydrogen-bond donors (Lipinski definition) is 1. The average molecular weight is 298 g/mol. The summed E-state index contributed by atoms with van der Waals surface area (Å²) in [7, 11) is 0. The van der Waals surface area contributed by atoms with Crippen LogP contribution in [0.1, 0.15) is 11.1 Å². The van der Waals surface area contributed by atoms with Crippen molar-refractivity contribution >= 4 is 23.5 Å². The van der Waals surface area contributed by atoms with Crippen molar-refractivity contribution in [1.82, 2.24) is 0 Å². The molecule has 0 fully saturated rings. The number of nitrogens with one attached hydrogen (secondary N) is 1. The van der Waals surface area contributed by atoms with Gasteiger partial charge in [-0.05, 0) is 30.0 Å². The predicted molar refractivity (Wildman–Crippen MR) is 83.2 cm³/mol. The number of carbonyl (C=O) groups excluding carboxylic acids is 1. The van der Waals surface area contributed by atoms with E-state index < -0.39 is 6.09 Å². The van der Waals surface area contributed by atoms with Crippen molar-refractivity contribution in [3.05, 3.63) is 59.7 Å². The number of rotatable bonds is 4. The highest BCUT2D eigenvalue weighted by Gasteiger charge is 2.07. The Bertz CT molecular complexity index is 666. The fourth-order valence-corrected chi connectivity index (χ4v) is 2.28. The van der Waals surface area contributed by atoms with Crippen LogP contribution >= 0.6 is 11.8 Å². The van der Waals surface area contributed by atoms with Crippen LogP contribution in [0.2, 0.25) is 0 Å². The number of anilines is 1. The molecule has 0 saturated heterocycles. The van der Waals surface area contributed by atoms with Crippen LogP contribution in [-0.2, 0) is 11.3 Å². The molecular weight excluding hydrogens is 284 g/mol. The molecule has 0 aliphatic carbocycles. The van der Waals surface area contributed by atoms with Gasteiger partial charge in [0.1, 0.15) is 12.7 Å². The minimum absolute atomic E-state index is 0.209. The molecule has 0 radical (unpaired) electrons. The Morgan fingerprint density at radius 1 is 1.29 bits per heavy atom. The molecule has 2 aromatic carbocycles. The molecule has 0 atom stereocenters. The zero-order valence-corrected chi connectivity index (χ0v) is 12.3. The summed E-state index contributed by atoms with van der Waals surface area (Å²) in [5.41, 5.74) is 1.99. The molecule has 5 heteroatoms. The Balaban J connectivity index is 1.95. The van der Waals surface area contributed by atoms with Crippen molar-refractivity contribution in [2.75, 3.05) is 11.6 Å². The van der Waals surface area contributed by atoms with E-state index in [1.807, 2.05) is 36.6 Å². The summed E-state index contributed by atoms with van der Waals surface area (Å²) >= 11 is 1.49. The fourth-order valence-electron chi connectivity index (χ4n) is 1.75. The summed E-state index contributed by atoms with van der Waals surface area (Å²) in [5.74, 6) is 0. The molecule has 1 amide bonds. The van der Waals surface area contributed by atoms with E-state index in [0.29, 0.717) is 11.3 Å². The van der Waals surface area contributed by atoms with Crippen molar-refractivity contribution in [3.63, 3.8) is 0 Å². The maximum absolute atomic E-state index is 11.7. The van der Waals surface area contributed by atoms with E-state index >= 15 is 0 Å².